The van der Waals surface area contributed by atoms with E-state index in [1.54, 1.807) is 6.92 Å². The zero-order valence-corrected chi connectivity index (χ0v) is 17.8. The van der Waals surface area contributed by atoms with Crippen LogP contribution in [-0.2, 0) is 9.53 Å². The molecule has 1 amide bonds. The summed E-state index contributed by atoms with van der Waals surface area (Å²) >= 11 is 7.59. The van der Waals surface area contributed by atoms with Crippen molar-refractivity contribution in [1.82, 2.24) is 0 Å². The highest BCUT2D eigenvalue weighted by Gasteiger charge is 2.24. The SMILES string of the molecule is Cc1cccc(C(C)C)c1NC(=O)[C@H](C)OC(=O)c1sc2ccccc2c1Cl. The molecular weight excluding hydrogens is 394 g/mol. The highest BCUT2D eigenvalue weighted by atomic mass is 35.5. The third-order valence-corrected chi connectivity index (χ3v) is 6.20. The maximum Gasteiger partial charge on any atom is 0.350 e. The monoisotopic (exact) mass is 415 g/mol. The maximum absolute atomic E-state index is 12.6. The average Bonchev–Trinajstić information content (AvgIpc) is 3.00. The number of esters is 1. The second-order valence-corrected chi connectivity index (χ2v) is 8.40. The molecule has 0 aliphatic carbocycles. The molecule has 0 saturated heterocycles. The van der Waals surface area contributed by atoms with Gasteiger partial charge in [0.05, 0.1) is 5.02 Å². The molecule has 1 aromatic heterocycles. The van der Waals surface area contributed by atoms with E-state index in [0.717, 1.165) is 26.9 Å². The van der Waals surface area contributed by atoms with Crippen LogP contribution in [0.4, 0.5) is 5.69 Å². The van der Waals surface area contributed by atoms with E-state index in [1.165, 1.54) is 11.3 Å². The van der Waals surface area contributed by atoms with Gasteiger partial charge in [-0.2, -0.15) is 0 Å². The third-order valence-electron chi connectivity index (χ3n) is 4.55. The van der Waals surface area contributed by atoms with Crippen LogP contribution in [-0.4, -0.2) is 18.0 Å². The average molecular weight is 416 g/mol. The van der Waals surface area contributed by atoms with Gasteiger partial charge < -0.3 is 10.1 Å². The number of carbonyl (C=O) groups excluding carboxylic acids is 2. The first-order valence-electron chi connectivity index (χ1n) is 9.08. The van der Waals surface area contributed by atoms with E-state index in [4.69, 9.17) is 16.3 Å². The van der Waals surface area contributed by atoms with Gasteiger partial charge in [0.15, 0.2) is 6.10 Å². The lowest BCUT2D eigenvalue weighted by molar-refractivity contribution is -0.123. The van der Waals surface area contributed by atoms with Crippen molar-refractivity contribution in [3.63, 3.8) is 0 Å². The van der Waals surface area contributed by atoms with E-state index in [2.05, 4.69) is 19.2 Å². The van der Waals surface area contributed by atoms with E-state index in [-0.39, 0.29) is 11.8 Å². The molecule has 28 heavy (non-hydrogen) atoms. The van der Waals surface area contributed by atoms with E-state index in [9.17, 15) is 9.59 Å². The number of anilines is 1. The first-order chi connectivity index (χ1) is 13.3. The maximum atomic E-state index is 12.6. The Kier molecular flexibility index (Phi) is 6.06. The van der Waals surface area contributed by atoms with Crippen molar-refractivity contribution in [1.29, 1.82) is 0 Å². The lowest BCUT2D eigenvalue weighted by Crippen LogP contribution is -2.30. The summed E-state index contributed by atoms with van der Waals surface area (Å²) in [4.78, 5) is 25.5. The van der Waals surface area contributed by atoms with Gasteiger partial charge in [-0.15, -0.1) is 11.3 Å². The quantitative estimate of drug-likeness (QED) is 0.507. The van der Waals surface area contributed by atoms with E-state index < -0.39 is 12.1 Å². The van der Waals surface area contributed by atoms with Crippen LogP contribution in [0.5, 0.6) is 0 Å². The molecule has 0 fully saturated rings. The summed E-state index contributed by atoms with van der Waals surface area (Å²) in [5.41, 5.74) is 2.77. The molecule has 3 rings (SSSR count). The van der Waals surface area contributed by atoms with Crippen molar-refractivity contribution in [3.05, 3.63) is 63.5 Å². The predicted molar refractivity (Wildman–Crippen MR) is 116 cm³/mol. The second kappa shape index (κ2) is 8.33. The number of halogens is 1. The van der Waals surface area contributed by atoms with Crippen LogP contribution < -0.4 is 5.32 Å². The van der Waals surface area contributed by atoms with E-state index in [0.29, 0.717) is 9.90 Å². The Morgan fingerprint density at radius 3 is 2.46 bits per heavy atom. The van der Waals surface area contributed by atoms with E-state index >= 15 is 0 Å². The van der Waals surface area contributed by atoms with Gasteiger partial charge in [0, 0.05) is 15.8 Å². The number of hydrogen-bond acceptors (Lipinski definition) is 4. The number of fused-ring (bicyclic) bond motifs is 1. The van der Waals surface area contributed by atoms with Crippen molar-refractivity contribution < 1.29 is 14.3 Å². The number of benzene rings is 2. The normalized spacial score (nSPS) is 12.2. The molecule has 0 unspecified atom stereocenters. The minimum absolute atomic E-state index is 0.255. The Morgan fingerprint density at radius 2 is 1.79 bits per heavy atom. The molecule has 3 aromatic rings. The number of rotatable bonds is 5. The summed E-state index contributed by atoms with van der Waals surface area (Å²) in [6.07, 6.45) is -0.951. The number of carbonyl (C=O) groups is 2. The van der Waals surface area contributed by atoms with Gasteiger partial charge in [-0.3, -0.25) is 4.79 Å². The molecule has 2 aromatic carbocycles. The smallest absolute Gasteiger partial charge is 0.350 e. The largest absolute Gasteiger partial charge is 0.448 e. The summed E-state index contributed by atoms with van der Waals surface area (Å²) < 4.78 is 6.30. The van der Waals surface area contributed by atoms with Crippen LogP contribution in [0.25, 0.3) is 10.1 Å². The molecule has 1 atom stereocenters. The van der Waals surface area contributed by atoms with Crippen LogP contribution in [0.1, 0.15) is 47.5 Å². The highest BCUT2D eigenvalue weighted by molar-refractivity contribution is 7.21. The summed E-state index contributed by atoms with van der Waals surface area (Å²) in [7, 11) is 0. The van der Waals surface area contributed by atoms with Gasteiger partial charge in [-0.25, -0.2) is 4.79 Å². The molecule has 0 saturated carbocycles. The molecule has 0 aliphatic heterocycles. The minimum Gasteiger partial charge on any atom is -0.448 e. The molecule has 1 N–H and O–H groups in total. The Morgan fingerprint density at radius 1 is 1.07 bits per heavy atom. The highest BCUT2D eigenvalue weighted by Crippen LogP contribution is 2.35. The Hall–Kier alpha value is -2.37. The lowest BCUT2D eigenvalue weighted by atomic mass is 9.98. The fourth-order valence-electron chi connectivity index (χ4n) is 2.98. The van der Waals surface area contributed by atoms with Gasteiger partial charge in [-0.05, 0) is 37.0 Å². The molecule has 6 heteroatoms. The zero-order chi connectivity index (χ0) is 20.4. The topological polar surface area (TPSA) is 55.4 Å². The first-order valence-corrected chi connectivity index (χ1v) is 10.3. The Balaban J connectivity index is 1.76. The second-order valence-electron chi connectivity index (χ2n) is 6.97. The summed E-state index contributed by atoms with van der Waals surface area (Å²) in [5, 5.41) is 4.08. The predicted octanol–water partition coefficient (Wildman–Crippen LogP) is 6.17. The van der Waals surface area contributed by atoms with Crippen molar-refractivity contribution in [2.45, 2.75) is 39.7 Å². The van der Waals surface area contributed by atoms with Crippen LogP contribution in [0.2, 0.25) is 5.02 Å². The van der Waals surface area contributed by atoms with Crippen LogP contribution in [0.3, 0.4) is 0 Å². The molecule has 1 heterocycles. The fourth-order valence-corrected chi connectivity index (χ4v) is 4.37. The molecule has 4 nitrogen and oxygen atoms in total. The van der Waals surface area contributed by atoms with Crippen LogP contribution >= 0.6 is 22.9 Å². The molecular formula is C22H22ClNO3S. The van der Waals surface area contributed by atoms with Crippen LogP contribution in [0, 0.1) is 6.92 Å². The molecule has 146 valence electrons. The summed E-state index contributed by atoms with van der Waals surface area (Å²) in [6, 6.07) is 13.4. The Labute approximate surface area is 173 Å². The minimum atomic E-state index is -0.951. The number of nitrogens with one attached hydrogen (secondary N) is 1. The molecule has 0 aliphatic rings. The zero-order valence-electron chi connectivity index (χ0n) is 16.2. The molecule has 0 radical (unpaired) electrons. The Bertz CT molecular complexity index is 1040. The van der Waals surface area contributed by atoms with Crippen molar-refractivity contribution in [2.75, 3.05) is 5.32 Å². The third kappa shape index (κ3) is 4.05. The van der Waals surface area contributed by atoms with Crippen molar-refractivity contribution >= 4 is 50.6 Å². The first kappa shape index (κ1) is 20.4. The fraction of sp³-hybridized carbons (Fsp3) is 0.273. The van der Waals surface area contributed by atoms with Gasteiger partial charge in [0.1, 0.15) is 4.88 Å². The number of para-hydroxylation sites is 1. The van der Waals surface area contributed by atoms with Gasteiger partial charge in [-0.1, -0.05) is 61.8 Å². The number of hydrogen-bond donors (Lipinski definition) is 1. The number of thiophene rings is 1. The molecule has 0 spiro atoms. The van der Waals surface area contributed by atoms with Gasteiger partial charge in [0.25, 0.3) is 5.91 Å². The summed E-state index contributed by atoms with van der Waals surface area (Å²) in [5.74, 6) is -0.713. The standard InChI is InChI=1S/C22H22ClNO3S/c1-12(2)15-10-7-8-13(3)19(15)24-21(25)14(4)27-22(26)20-18(23)16-9-5-6-11-17(16)28-20/h5-12,14H,1-4H3,(H,24,25)/t14-/m0/s1. The van der Waals surface area contributed by atoms with Gasteiger partial charge in [0.2, 0.25) is 0 Å². The number of aryl methyl sites for hydroxylation is 1. The van der Waals surface area contributed by atoms with Crippen molar-refractivity contribution in [2.24, 2.45) is 0 Å². The van der Waals surface area contributed by atoms with Crippen LogP contribution in [0.15, 0.2) is 42.5 Å². The lowest BCUT2D eigenvalue weighted by Gasteiger charge is -2.19. The van der Waals surface area contributed by atoms with E-state index in [1.807, 2.05) is 49.4 Å². The van der Waals surface area contributed by atoms with Crippen molar-refractivity contribution in [3.8, 4) is 0 Å². The van der Waals surface area contributed by atoms with Gasteiger partial charge >= 0.3 is 5.97 Å². The number of ether oxygens (including phenoxy) is 1. The number of amides is 1. The molecule has 0 bridgehead atoms. The summed E-state index contributed by atoms with van der Waals surface area (Å²) in [6.45, 7) is 7.63.